The highest BCUT2D eigenvalue weighted by Gasteiger charge is 2.37. The smallest absolute Gasteiger partial charge is 0.321 e. The van der Waals surface area contributed by atoms with Crippen LogP contribution in [0.1, 0.15) is 50.9 Å². The lowest BCUT2D eigenvalue weighted by molar-refractivity contribution is -0.140. The molecular weight excluding hydrogens is 765 g/mol. The van der Waals surface area contributed by atoms with Crippen LogP contribution in [0.2, 0.25) is 0 Å². The number of carbonyl (C=O) groups excluding carboxylic acids is 3. The highest BCUT2D eigenvalue weighted by atomic mass is 32.2. The average molecular weight is 818 g/mol. The summed E-state index contributed by atoms with van der Waals surface area (Å²) in [7, 11) is 0. The van der Waals surface area contributed by atoms with E-state index < -0.39 is 76.7 Å². The molecule has 1 aromatic heterocycles. The summed E-state index contributed by atoms with van der Waals surface area (Å²) in [6.45, 7) is 6.21. The zero-order chi connectivity index (χ0) is 42.3. The number of amides is 3. The molecular formula is C39H53F2N7O8S. The van der Waals surface area contributed by atoms with Gasteiger partial charge < -0.3 is 52.2 Å². The Hall–Kier alpha value is -4.88. The third-order valence-corrected chi connectivity index (χ3v) is 10.2. The highest BCUT2D eigenvalue weighted by Crippen LogP contribution is 2.41. The molecule has 2 aromatic carbocycles. The SMILES string of the molecule is CC(C)(C)[C@H](c1cc(-c2cc(F)ccc2F)cn1Cc1ccccc1)N(CC[C@H](N)C(=O)NCCNCCNC(=O)CC(SC[C@H](N)C(=O)O)C(=O)O)C(=O)CO. The van der Waals surface area contributed by atoms with Crippen LogP contribution < -0.4 is 27.4 Å². The minimum absolute atomic E-state index is 0.0123. The number of aliphatic hydroxyl groups excluding tert-OH is 1. The molecule has 0 fully saturated rings. The Balaban J connectivity index is 1.62. The summed E-state index contributed by atoms with van der Waals surface area (Å²) < 4.78 is 31.2. The maximum Gasteiger partial charge on any atom is 0.321 e. The van der Waals surface area contributed by atoms with Gasteiger partial charge >= 0.3 is 11.9 Å². The van der Waals surface area contributed by atoms with Crippen LogP contribution in [-0.4, -0.2) is 117 Å². The van der Waals surface area contributed by atoms with Crippen LogP contribution in [-0.2, 0) is 30.5 Å². The fraction of sp³-hybridized carbons (Fsp3) is 0.462. The van der Waals surface area contributed by atoms with Crippen molar-refractivity contribution in [2.45, 2.75) is 63.5 Å². The summed E-state index contributed by atoms with van der Waals surface area (Å²) in [6, 6.07) is 11.4. The van der Waals surface area contributed by atoms with E-state index in [2.05, 4.69) is 16.0 Å². The number of aromatic nitrogens is 1. The number of nitrogens with one attached hydrogen (secondary N) is 3. The zero-order valence-corrected chi connectivity index (χ0v) is 33.1. The van der Waals surface area contributed by atoms with E-state index in [9.17, 15) is 38.6 Å². The van der Waals surface area contributed by atoms with Crippen LogP contribution in [0.4, 0.5) is 8.78 Å². The van der Waals surface area contributed by atoms with Crippen LogP contribution >= 0.6 is 11.8 Å². The highest BCUT2D eigenvalue weighted by molar-refractivity contribution is 8.00. The molecule has 3 aromatic rings. The Labute approximate surface area is 334 Å². The summed E-state index contributed by atoms with van der Waals surface area (Å²) in [6.07, 6.45) is 1.38. The van der Waals surface area contributed by atoms with Gasteiger partial charge in [0.15, 0.2) is 0 Å². The molecule has 0 aliphatic carbocycles. The van der Waals surface area contributed by atoms with Crippen molar-refractivity contribution < 1.29 is 48.1 Å². The van der Waals surface area contributed by atoms with Crippen molar-refractivity contribution in [2.24, 2.45) is 16.9 Å². The molecule has 0 radical (unpaired) electrons. The van der Waals surface area contributed by atoms with E-state index in [0.717, 1.165) is 35.5 Å². The largest absolute Gasteiger partial charge is 0.480 e. The molecule has 3 rings (SSSR count). The summed E-state index contributed by atoms with van der Waals surface area (Å²) in [5.74, 6) is -5.55. The van der Waals surface area contributed by atoms with Crippen LogP contribution in [0.3, 0.4) is 0 Å². The molecule has 15 nitrogen and oxygen atoms in total. The van der Waals surface area contributed by atoms with Crippen molar-refractivity contribution >= 4 is 41.4 Å². The molecule has 1 heterocycles. The third-order valence-electron chi connectivity index (χ3n) is 8.92. The summed E-state index contributed by atoms with van der Waals surface area (Å²) >= 11 is 0.774. The maximum atomic E-state index is 15.0. The number of hydrogen-bond donors (Lipinski definition) is 8. The van der Waals surface area contributed by atoms with Crippen molar-refractivity contribution in [1.29, 1.82) is 0 Å². The van der Waals surface area contributed by atoms with E-state index in [4.69, 9.17) is 16.6 Å². The van der Waals surface area contributed by atoms with Gasteiger partial charge in [-0.3, -0.25) is 24.0 Å². The van der Waals surface area contributed by atoms with E-state index in [1.54, 1.807) is 12.3 Å². The molecule has 57 heavy (non-hydrogen) atoms. The summed E-state index contributed by atoms with van der Waals surface area (Å²) in [4.78, 5) is 62.4. The van der Waals surface area contributed by atoms with Gasteiger partial charge in [0.25, 0.3) is 0 Å². The number of nitrogens with two attached hydrogens (primary N) is 2. The standard InChI is InChI=1S/C39H53F2N7O8S/c1-39(2,3)35(31-17-25(27-18-26(40)9-10-28(27)41)21-47(31)20-24-7-5-4-6-8-24)48(34(51)22-49)16-11-29(42)36(52)46-15-13-44-12-14-45-33(50)19-32(38(55)56)57-23-30(43)37(53)54/h4-10,17-18,21,29-30,32,35,44,49H,11-16,19-20,22-23,42-43H2,1-3H3,(H,45,50)(H,46,52)(H,53,54)(H,55,56)/t29-,30-,32?,35-/m0/s1. The number of aliphatic hydroxyl groups is 1. The molecule has 1 unspecified atom stereocenters. The minimum Gasteiger partial charge on any atom is -0.480 e. The molecule has 4 atom stereocenters. The molecule has 0 spiro atoms. The number of carboxylic acids is 2. The number of carbonyl (C=O) groups is 5. The molecule has 312 valence electrons. The minimum atomic E-state index is -1.27. The molecule has 10 N–H and O–H groups in total. The molecule has 0 saturated heterocycles. The second kappa shape index (κ2) is 22.2. The normalized spacial score (nSPS) is 13.6. The van der Waals surface area contributed by atoms with Crippen LogP contribution in [0.5, 0.6) is 0 Å². The monoisotopic (exact) mass is 817 g/mol. The van der Waals surface area contributed by atoms with Crippen LogP contribution in [0.25, 0.3) is 11.1 Å². The number of rotatable bonds is 23. The van der Waals surface area contributed by atoms with Gasteiger partial charge in [-0.05, 0) is 41.7 Å². The molecule has 0 bridgehead atoms. The van der Waals surface area contributed by atoms with E-state index in [-0.39, 0.29) is 43.8 Å². The van der Waals surface area contributed by atoms with E-state index >= 15 is 4.39 Å². The van der Waals surface area contributed by atoms with Crippen molar-refractivity contribution in [3.63, 3.8) is 0 Å². The topological polar surface area (TPSA) is 242 Å². The lowest BCUT2D eigenvalue weighted by Gasteiger charge is -2.41. The average Bonchev–Trinajstić information content (AvgIpc) is 3.56. The maximum absolute atomic E-state index is 15.0. The quantitative estimate of drug-likeness (QED) is 0.0641. The number of carboxylic acid groups (broad SMARTS) is 2. The predicted octanol–water partition coefficient (Wildman–Crippen LogP) is 1.92. The Morgan fingerprint density at radius 1 is 0.895 bits per heavy atom. The molecule has 18 heteroatoms. The fourth-order valence-electron chi connectivity index (χ4n) is 6.08. The van der Waals surface area contributed by atoms with Gasteiger partial charge in [-0.1, -0.05) is 51.1 Å². The van der Waals surface area contributed by atoms with Gasteiger partial charge in [0.05, 0.1) is 12.1 Å². The van der Waals surface area contributed by atoms with Gasteiger partial charge in [0, 0.05) is 74.5 Å². The Kier molecular flexibility index (Phi) is 18.1. The fourth-order valence-corrected chi connectivity index (χ4v) is 7.07. The lowest BCUT2D eigenvalue weighted by atomic mass is 9.82. The zero-order valence-electron chi connectivity index (χ0n) is 32.3. The number of thioether (sulfide) groups is 1. The predicted molar refractivity (Wildman–Crippen MR) is 212 cm³/mol. The lowest BCUT2D eigenvalue weighted by Crippen LogP contribution is -2.48. The van der Waals surface area contributed by atoms with Crippen molar-refractivity contribution in [3.05, 3.63) is 83.7 Å². The Morgan fingerprint density at radius 2 is 1.56 bits per heavy atom. The van der Waals surface area contributed by atoms with Gasteiger partial charge in [0.1, 0.15) is 29.5 Å². The number of aliphatic carboxylic acids is 2. The van der Waals surface area contributed by atoms with Crippen LogP contribution in [0, 0.1) is 17.0 Å². The number of nitrogens with zero attached hydrogens (tertiary/aromatic N) is 2. The molecule has 0 aliphatic heterocycles. The Bertz CT molecular complexity index is 1830. The van der Waals surface area contributed by atoms with Crippen molar-refractivity contribution in [3.8, 4) is 11.1 Å². The first-order chi connectivity index (χ1) is 26.9. The molecule has 0 saturated carbocycles. The second-order valence-corrected chi connectivity index (χ2v) is 15.7. The van der Waals surface area contributed by atoms with Gasteiger partial charge in [-0.25, -0.2) is 8.78 Å². The summed E-state index contributed by atoms with van der Waals surface area (Å²) in [5, 5.41) is 35.5. The van der Waals surface area contributed by atoms with E-state index in [1.165, 1.54) is 4.90 Å². The molecule has 0 aliphatic rings. The van der Waals surface area contributed by atoms with Gasteiger partial charge in [-0.15, -0.1) is 11.8 Å². The first-order valence-electron chi connectivity index (χ1n) is 18.4. The van der Waals surface area contributed by atoms with E-state index in [1.807, 2.05) is 55.7 Å². The summed E-state index contributed by atoms with van der Waals surface area (Å²) in [5.41, 5.74) is 13.0. The first kappa shape index (κ1) is 46.5. The third kappa shape index (κ3) is 14.5. The molecule has 3 amide bonds. The number of halogens is 2. The van der Waals surface area contributed by atoms with Crippen molar-refractivity contribution in [1.82, 2.24) is 25.4 Å². The number of benzene rings is 2. The van der Waals surface area contributed by atoms with Gasteiger partial charge in [-0.2, -0.15) is 0 Å². The van der Waals surface area contributed by atoms with Gasteiger partial charge in [0.2, 0.25) is 17.7 Å². The van der Waals surface area contributed by atoms with E-state index in [0.29, 0.717) is 30.9 Å². The first-order valence-corrected chi connectivity index (χ1v) is 19.4. The van der Waals surface area contributed by atoms with Crippen LogP contribution in [0.15, 0.2) is 60.8 Å². The van der Waals surface area contributed by atoms with Crippen molar-refractivity contribution in [2.75, 3.05) is 45.1 Å². The Morgan fingerprint density at radius 3 is 2.18 bits per heavy atom. The number of hydrogen-bond acceptors (Lipinski definition) is 10. The second-order valence-electron chi connectivity index (χ2n) is 14.5.